The molecule has 0 radical (unpaired) electrons. The summed E-state index contributed by atoms with van der Waals surface area (Å²) in [4.78, 5) is 0.0473. The Bertz CT molecular complexity index is 762. The maximum atomic E-state index is 13.0. The molecule has 1 aliphatic heterocycles. The van der Waals surface area contributed by atoms with E-state index in [1.54, 1.807) is 0 Å². The summed E-state index contributed by atoms with van der Waals surface area (Å²) < 4.78 is 39.9. The molecule has 0 amide bonds. The Kier molecular flexibility index (Phi) is 4.48. The Morgan fingerprint density at radius 2 is 1.74 bits per heavy atom. The third-order valence-electron chi connectivity index (χ3n) is 4.17. The summed E-state index contributed by atoms with van der Waals surface area (Å²) in [5, 5.41) is 10.2. The van der Waals surface area contributed by atoms with Crippen molar-refractivity contribution in [3.63, 3.8) is 0 Å². The summed E-state index contributed by atoms with van der Waals surface area (Å²) in [6, 6.07) is 13.8. The Labute approximate surface area is 135 Å². The molecule has 3 rings (SSSR count). The smallest absolute Gasteiger partial charge is 0.243 e. The first-order valence-electron chi connectivity index (χ1n) is 7.48. The van der Waals surface area contributed by atoms with Crippen LogP contribution in [0.4, 0.5) is 4.39 Å². The number of hydrogen-bond acceptors (Lipinski definition) is 3. The minimum atomic E-state index is -3.75. The SMILES string of the molecule is O=S(=O)(c1ccc(F)cc1)N1CC[C@@H](O)[C@@H]1Cc1ccccc1. The fraction of sp³-hybridized carbons (Fsp3) is 0.294. The third-order valence-corrected chi connectivity index (χ3v) is 6.11. The van der Waals surface area contributed by atoms with Crippen molar-refractivity contribution in [1.82, 2.24) is 4.31 Å². The maximum Gasteiger partial charge on any atom is 0.243 e. The van der Waals surface area contributed by atoms with Crippen molar-refractivity contribution in [1.29, 1.82) is 0 Å². The largest absolute Gasteiger partial charge is 0.391 e. The van der Waals surface area contributed by atoms with Crippen LogP contribution in [-0.4, -0.2) is 36.5 Å². The second kappa shape index (κ2) is 6.39. The minimum Gasteiger partial charge on any atom is -0.391 e. The molecule has 2 aromatic carbocycles. The number of sulfonamides is 1. The number of halogens is 1. The quantitative estimate of drug-likeness (QED) is 0.932. The first kappa shape index (κ1) is 16.1. The van der Waals surface area contributed by atoms with Crippen LogP contribution in [0, 0.1) is 5.82 Å². The lowest BCUT2D eigenvalue weighted by Crippen LogP contribution is -2.41. The number of hydrogen-bond donors (Lipinski definition) is 1. The molecule has 122 valence electrons. The van der Waals surface area contributed by atoms with Crippen molar-refractivity contribution < 1.29 is 17.9 Å². The molecule has 2 atom stereocenters. The van der Waals surface area contributed by atoms with Gasteiger partial charge < -0.3 is 5.11 Å². The van der Waals surface area contributed by atoms with Crippen LogP contribution in [0.25, 0.3) is 0 Å². The molecule has 1 heterocycles. The van der Waals surface area contributed by atoms with Gasteiger partial charge in [0.15, 0.2) is 0 Å². The van der Waals surface area contributed by atoms with Crippen LogP contribution in [0.3, 0.4) is 0 Å². The van der Waals surface area contributed by atoms with Gasteiger partial charge in [0.25, 0.3) is 0 Å². The summed E-state index contributed by atoms with van der Waals surface area (Å²) in [7, 11) is -3.75. The van der Waals surface area contributed by atoms with Gasteiger partial charge in [-0.1, -0.05) is 30.3 Å². The van der Waals surface area contributed by atoms with Crippen molar-refractivity contribution in [2.75, 3.05) is 6.54 Å². The van der Waals surface area contributed by atoms with Crippen LogP contribution in [0.2, 0.25) is 0 Å². The van der Waals surface area contributed by atoms with E-state index >= 15 is 0 Å². The van der Waals surface area contributed by atoms with Crippen LogP contribution < -0.4 is 0 Å². The first-order chi connectivity index (χ1) is 11.0. The van der Waals surface area contributed by atoms with Crippen LogP contribution in [0.5, 0.6) is 0 Å². The zero-order chi connectivity index (χ0) is 16.4. The third kappa shape index (κ3) is 3.29. The van der Waals surface area contributed by atoms with Gasteiger partial charge in [-0.2, -0.15) is 4.31 Å². The van der Waals surface area contributed by atoms with Gasteiger partial charge >= 0.3 is 0 Å². The molecule has 6 heteroatoms. The van der Waals surface area contributed by atoms with Gasteiger partial charge in [0.1, 0.15) is 5.82 Å². The second-order valence-electron chi connectivity index (χ2n) is 5.68. The Hall–Kier alpha value is -1.76. The lowest BCUT2D eigenvalue weighted by Gasteiger charge is -2.26. The Morgan fingerprint density at radius 3 is 2.39 bits per heavy atom. The highest BCUT2D eigenvalue weighted by molar-refractivity contribution is 7.89. The molecule has 1 N–H and O–H groups in total. The van der Waals surface area contributed by atoms with E-state index in [1.807, 2.05) is 30.3 Å². The standard InChI is InChI=1S/C17H18FNO3S/c18-14-6-8-15(9-7-14)23(21,22)19-11-10-17(20)16(19)12-13-4-2-1-3-5-13/h1-9,16-17,20H,10-12H2/t16-,17+/m0/s1. The molecule has 1 saturated heterocycles. The van der Waals surface area contributed by atoms with Gasteiger partial charge in [0.05, 0.1) is 17.0 Å². The average Bonchev–Trinajstić information content (AvgIpc) is 2.90. The van der Waals surface area contributed by atoms with Gasteiger partial charge in [0.2, 0.25) is 10.0 Å². The van der Waals surface area contributed by atoms with Gasteiger partial charge in [-0.15, -0.1) is 0 Å². The molecule has 0 spiro atoms. The molecule has 4 nitrogen and oxygen atoms in total. The highest BCUT2D eigenvalue weighted by atomic mass is 32.2. The van der Waals surface area contributed by atoms with E-state index < -0.39 is 28.0 Å². The van der Waals surface area contributed by atoms with E-state index in [0.29, 0.717) is 12.8 Å². The van der Waals surface area contributed by atoms with Gasteiger partial charge in [-0.3, -0.25) is 0 Å². The van der Waals surface area contributed by atoms with E-state index in [4.69, 9.17) is 0 Å². The fourth-order valence-electron chi connectivity index (χ4n) is 2.94. The number of aliphatic hydroxyl groups excluding tert-OH is 1. The molecule has 0 aliphatic carbocycles. The van der Waals surface area contributed by atoms with Crippen molar-refractivity contribution in [3.8, 4) is 0 Å². The van der Waals surface area contributed by atoms with Crippen LogP contribution >= 0.6 is 0 Å². The summed E-state index contributed by atoms with van der Waals surface area (Å²) in [5.74, 6) is -0.480. The van der Waals surface area contributed by atoms with E-state index in [-0.39, 0.29) is 11.4 Å². The highest BCUT2D eigenvalue weighted by Crippen LogP contribution is 2.28. The molecule has 0 aromatic heterocycles. The van der Waals surface area contributed by atoms with Gasteiger partial charge in [-0.25, -0.2) is 12.8 Å². The number of rotatable bonds is 4. The predicted octanol–water partition coefficient (Wildman–Crippen LogP) is 2.19. The number of nitrogens with zero attached hydrogens (tertiary/aromatic N) is 1. The Morgan fingerprint density at radius 1 is 1.09 bits per heavy atom. The molecule has 1 fully saturated rings. The fourth-order valence-corrected chi connectivity index (χ4v) is 4.61. The highest BCUT2D eigenvalue weighted by Gasteiger charge is 2.40. The average molecular weight is 335 g/mol. The van der Waals surface area contributed by atoms with E-state index in [9.17, 15) is 17.9 Å². The zero-order valence-corrected chi connectivity index (χ0v) is 13.3. The minimum absolute atomic E-state index is 0.0473. The summed E-state index contributed by atoms with van der Waals surface area (Å²) in [6.07, 6.45) is 0.144. The molecular formula is C17H18FNO3S. The van der Waals surface area contributed by atoms with Crippen molar-refractivity contribution in [3.05, 3.63) is 66.0 Å². The zero-order valence-electron chi connectivity index (χ0n) is 12.5. The van der Waals surface area contributed by atoms with E-state index in [0.717, 1.165) is 17.7 Å². The molecule has 0 saturated carbocycles. The van der Waals surface area contributed by atoms with Gasteiger partial charge in [0, 0.05) is 6.54 Å². The van der Waals surface area contributed by atoms with Crippen molar-refractivity contribution in [2.24, 2.45) is 0 Å². The molecular weight excluding hydrogens is 317 g/mol. The van der Waals surface area contributed by atoms with Crippen LogP contribution in [0.15, 0.2) is 59.5 Å². The van der Waals surface area contributed by atoms with Crippen LogP contribution in [-0.2, 0) is 16.4 Å². The second-order valence-corrected chi connectivity index (χ2v) is 7.57. The normalized spacial score (nSPS) is 22.3. The van der Waals surface area contributed by atoms with Crippen molar-refractivity contribution in [2.45, 2.75) is 29.9 Å². The monoisotopic (exact) mass is 335 g/mol. The molecule has 2 aromatic rings. The molecule has 0 unspecified atom stereocenters. The van der Waals surface area contributed by atoms with Crippen molar-refractivity contribution >= 4 is 10.0 Å². The summed E-state index contributed by atoms with van der Waals surface area (Å²) in [6.45, 7) is 0.262. The van der Waals surface area contributed by atoms with E-state index in [1.165, 1.54) is 16.4 Å². The van der Waals surface area contributed by atoms with E-state index in [2.05, 4.69) is 0 Å². The molecule has 1 aliphatic rings. The maximum absolute atomic E-state index is 13.0. The lowest BCUT2D eigenvalue weighted by molar-refractivity contribution is 0.142. The number of benzene rings is 2. The number of aliphatic hydroxyl groups is 1. The predicted molar refractivity (Wildman–Crippen MR) is 84.8 cm³/mol. The topological polar surface area (TPSA) is 57.6 Å². The van der Waals surface area contributed by atoms with Crippen LogP contribution in [0.1, 0.15) is 12.0 Å². The summed E-state index contributed by atoms with van der Waals surface area (Å²) in [5.41, 5.74) is 0.970. The molecule has 0 bridgehead atoms. The summed E-state index contributed by atoms with van der Waals surface area (Å²) >= 11 is 0. The lowest BCUT2D eigenvalue weighted by atomic mass is 10.0. The van der Waals surface area contributed by atoms with Gasteiger partial charge in [-0.05, 0) is 42.7 Å². The first-order valence-corrected chi connectivity index (χ1v) is 8.92. The Balaban J connectivity index is 1.89. The molecule has 23 heavy (non-hydrogen) atoms.